The highest BCUT2D eigenvalue weighted by Gasteiger charge is 2.18. The van der Waals surface area contributed by atoms with Gasteiger partial charge in [0.1, 0.15) is 0 Å². The van der Waals surface area contributed by atoms with Crippen LogP contribution in [0.4, 0.5) is 11.4 Å². The van der Waals surface area contributed by atoms with Crippen LogP contribution in [0.2, 0.25) is 0 Å². The zero-order valence-corrected chi connectivity index (χ0v) is 19.1. The SMILES string of the molecule is CCOc1c(Br)cc(C(=O)Nc2cccc(C(=O)Nc3ccccc3)c2C)cc1OC. The normalized spacial score (nSPS) is 10.3. The molecule has 3 rings (SSSR count). The number of hydrogen-bond acceptors (Lipinski definition) is 4. The number of rotatable bonds is 7. The van der Waals surface area contributed by atoms with Gasteiger partial charge in [0.2, 0.25) is 0 Å². The molecule has 0 spiro atoms. The van der Waals surface area contributed by atoms with Gasteiger partial charge in [-0.1, -0.05) is 24.3 Å². The average molecular weight is 483 g/mol. The van der Waals surface area contributed by atoms with Crippen LogP contribution < -0.4 is 20.1 Å². The van der Waals surface area contributed by atoms with E-state index in [-0.39, 0.29) is 11.8 Å². The predicted octanol–water partition coefficient (Wildman–Crippen LogP) is 5.67. The Kier molecular flexibility index (Phi) is 7.31. The molecule has 0 saturated carbocycles. The molecule has 3 aromatic rings. The smallest absolute Gasteiger partial charge is 0.256 e. The Labute approximate surface area is 189 Å². The molecular formula is C24H23BrN2O4. The number of carbonyl (C=O) groups is 2. The molecule has 0 aliphatic rings. The van der Waals surface area contributed by atoms with Crippen LogP contribution in [0.5, 0.6) is 11.5 Å². The second kappa shape index (κ2) is 10.1. The first-order chi connectivity index (χ1) is 14.9. The van der Waals surface area contributed by atoms with E-state index in [4.69, 9.17) is 9.47 Å². The molecule has 31 heavy (non-hydrogen) atoms. The minimum Gasteiger partial charge on any atom is -0.493 e. The summed E-state index contributed by atoms with van der Waals surface area (Å²) in [6.07, 6.45) is 0. The number of ether oxygens (including phenoxy) is 2. The zero-order valence-electron chi connectivity index (χ0n) is 17.5. The number of para-hydroxylation sites is 1. The Morgan fingerprint density at radius 1 is 0.968 bits per heavy atom. The van der Waals surface area contributed by atoms with E-state index in [9.17, 15) is 9.59 Å². The van der Waals surface area contributed by atoms with Crippen molar-refractivity contribution < 1.29 is 19.1 Å². The van der Waals surface area contributed by atoms with Crippen LogP contribution in [0.3, 0.4) is 0 Å². The summed E-state index contributed by atoms with van der Waals surface area (Å²) in [6.45, 7) is 4.14. The number of benzene rings is 3. The van der Waals surface area contributed by atoms with E-state index < -0.39 is 0 Å². The fraction of sp³-hybridized carbons (Fsp3) is 0.167. The molecule has 6 nitrogen and oxygen atoms in total. The lowest BCUT2D eigenvalue weighted by Crippen LogP contribution is -2.17. The highest BCUT2D eigenvalue weighted by atomic mass is 79.9. The Hall–Kier alpha value is -3.32. The van der Waals surface area contributed by atoms with Crippen molar-refractivity contribution in [1.82, 2.24) is 0 Å². The van der Waals surface area contributed by atoms with Crippen molar-refractivity contribution in [3.05, 3.63) is 81.8 Å². The van der Waals surface area contributed by atoms with Gasteiger partial charge in [-0.2, -0.15) is 0 Å². The first-order valence-electron chi connectivity index (χ1n) is 9.72. The minimum atomic E-state index is -0.328. The standard InChI is InChI=1S/C24H23BrN2O4/c1-4-31-22-19(25)13-16(14-21(22)30-3)23(28)27-20-12-8-11-18(15(20)2)24(29)26-17-9-6-5-7-10-17/h5-14H,4H2,1-3H3,(H,26,29)(H,27,28). The summed E-state index contributed by atoms with van der Waals surface area (Å²) >= 11 is 3.43. The summed E-state index contributed by atoms with van der Waals surface area (Å²) in [5.74, 6) is 0.419. The van der Waals surface area contributed by atoms with E-state index in [0.717, 1.165) is 0 Å². The molecular weight excluding hydrogens is 460 g/mol. The maximum absolute atomic E-state index is 12.9. The largest absolute Gasteiger partial charge is 0.493 e. The van der Waals surface area contributed by atoms with Crippen molar-refractivity contribution in [2.24, 2.45) is 0 Å². The van der Waals surface area contributed by atoms with Crippen molar-refractivity contribution in [1.29, 1.82) is 0 Å². The maximum atomic E-state index is 12.9. The predicted molar refractivity (Wildman–Crippen MR) is 125 cm³/mol. The molecule has 0 radical (unpaired) electrons. The third kappa shape index (κ3) is 5.24. The Morgan fingerprint density at radius 2 is 1.71 bits per heavy atom. The summed E-state index contributed by atoms with van der Waals surface area (Å²) < 4.78 is 11.6. The second-order valence-corrected chi connectivity index (χ2v) is 7.53. The van der Waals surface area contributed by atoms with E-state index in [1.165, 1.54) is 7.11 Å². The monoisotopic (exact) mass is 482 g/mol. The van der Waals surface area contributed by atoms with Crippen molar-refractivity contribution in [2.75, 3.05) is 24.4 Å². The molecule has 0 aromatic heterocycles. The molecule has 2 amide bonds. The van der Waals surface area contributed by atoms with Gasteiger partial charge in [0.15, 0.2) is 11.5 Å². The lowest BCUT2D eigenvalue weighted by Gasteiger charge is -2.15. The van der Waals surface area contributed by atoms with Crippen molar-refractivity contribution in [2.45, 2.75) is 13.8 Å². The molecule has 0 atom stereocenters. The molecule has 2 N–H and O–H groups in total. The van der Waals surface area contributed by atoms with E-state index >= 15 is 0 Å². The Balaban J connectivity index is 1.83. The third-order valence-electron chi connectivity index (χ3n) is 4.64. The Morgan fingerprint density at radius 3 is 2.39 bits per heavy atom. The van der Waals surface area contributed by atoms with Crippen LogP contribution in [-0.4, -0.2) is 25.5 Å². The van der Waals surface area contributed by atoms with Gasteiger partial charge in [0, 0.05) is 22.5 Å². The number of amides is 2. The number of carbonyl (C=O) groups excluding carboxylic acids is 2. The Bertz CT molecular complexity index is 1100. The minimum absolute atomic E-state index is 0.245. The van der Waals surface area contributed by atoms with Gasteiger partial charge in [-0.25, -0.2) is 0 Å². The number of anilines is 2. The highest BCUT2D eigenvalue weighted by molar-refractivity contribution is 9.10. The molecule has 0 aliphatic heterocycles. The van der Waals surface area contributed by atoms with Gasteiger partial charge >= 0.3 is 0 Å². The molecule has 0 heterocycles. The molecule has 0 unspecified atom stereocenters. The number of methoxy groups -OCH3 is 1. The first kappa shape index (κ1) is 22.4. The van der Waals surface area contributed by atoms with Crippen LogP contribution in [0.15, 0.2) is 65.1 Å². The molecule has 160 valence electrons. The van der Waals surface area contributed by atoms with E-state index in [1.54, 1.807) is 37.3 Å². The highest BCUT2D eigenvalue weighted by Crippen LogP contribution is 2.37. The summed E-state index contributed by atoms with van der Waals surface area (Å²) in [7, 11) is 1.52. The zero-order chi connectivity index (χ0) is 22.4. The number of nitrogens with one attached hydrogen (secondary N) is 2. The molecule has 7 heteroatoms. The van der Waals surface area contributed by atoms with Crippen LogP contribution in [0.25, 0.3) is 0 Å². The van der Waals surface area contributed by atoms with Gasteiger partial charge in [-0.05, 0) is 71.7 Å². The summed E-state index contributed by atoms with van der Waals surface area (Å²) in [6, 6.07) is 17.7. The van der Waals surface area contributed by atoms with E-state index in [1.807, 2.05) is 37.3 Å². The number of hydrogen-bond donors (Lipinski definition) is 2. The molecule has 3 aromatic carbocycles. The maximum Gasteiger partial charge on any atom is 0.256 e. The van der Waals surface area contributed by atoms with Crippen LogP contribution in [0, 0.1) is 6.92 Å². The molecule has 0 fully saturated rings. The molecule has 0 bridgehead atoms. The topological polar surface area (TPSA) is 76.7 Å². The van der Waals surface area contributed by atoms with Crippen LogP contribution >= 0.6 is 15.9 Å². The molecule has 0 aliphatic carbocycles. The quantitative estimate of drug-likeness (QED) is 0.454. The summed E-state index contributed by atoms with van der Waals surface area (Å²) in [4.78, 5) is 25.6. The summed E-state index contributed by atoms with van der Waals surface area (Å²) in [5.41, 5.74) is 2.79. The second-order valence-electron chi connectivity index (χ2n) is 6.67. The molecule has 0 saturated heterocycles. The fourth-order valence-electron chi connectivity index (χ4n) is 3.07. The van der Waals surface area contributed by atoms with Crippen molar-refractivity contribution in [3.63, 3.8) is 0 Å². The summed E-state index contributed by atoms with van der Waals surface area (Å²) in [5, 5.41) is 5.74. The van der Waals surface area contributed by atoms with E-state index in [2.05, 4.69) is 26.6 Å². The number of halogens is 1. The average Bonchev–Trinajstić information content (AvgIpc) is 2.77. The van der Waals surface area contributed by atoms with Gasteiger partial charge in [0.05, 0.1) is 18.2 Å². The van der Waals surface area contributed by atoms with Crippen LogP contribution in [0.1, 0.15) is 33.2 Å². The first-order valence-corrected chi connectivity index (χ1v) is 10.5. The fourth-order valence-corrected chi connectivity index (χ4v) is 3.62. The van der Waals surface area contributed by atoms with Gasteiger partial charge in [-0.3, -0.25) is 9.59 Å². The lowest BCUT2D eigenvalue weighted by atomic mass is 10.1. The van der Waals surface area contributed by atoms with Crippen molar-refractivity contribution in [3.8, 4) is 11.5 Å². The van der Waals surface area contributed by atoms with E-state index in [0.29, 0.717) is 50.6 Å². The lowest BCUT2D eigenvalue weighted by molar-refractivity contribution is 0.101. The van der Waals surface area contributed by atoms with Crippen LogP contribution in [-0.2, 0) is 0 Å². The third-order valence-corrected chi connectivity index (χ3v) is 5.23. The van der Waals surface area contributed by atoms with Crippen molar-refractivity contribution >= 4 is 39.1 Å². The van der Waals surface area contributed by atoms with Gasteiger partial charge in [0.25, 0.3) is 11.8 Å². The van der Waals surface area contributed by atoms with Gasteiger partial charge < -0.3 is 20.1 Å². The van der Waals surface area contributed by atoms with Gasteiger partial charge in [-0.15, -0.1) is 0 Å².